The molecule has 0 spiro atoms. The zero-order valence-electron chi connectivity index (χ0n) is 9.46. The van der Waals surface area contributed by atoms with Crippen molar-refractivity contribution in [1.82, 2.24) is 9.97 Å². The molecule has 1 atom stereocenters. The van der Waals surface area contributed by atoms with Crippen molar-refractivity contribution in [3.8, 4) is 0 Å². The van der Waals surface area contributed by atoms with Crippen molar-refractivity contribution >= 4 is 40.0 Å². The minimum Gasteiger partial charge on any atom is -0.355 e. The lowest BCUT2D eigenvalue weighted by molar-refractivity contribution is 0.404. The quantitative estimate of drug-likeness (QED) is 0.658. The molecule has 1 aliphatic rings. The molecule has 1 saturated heterocycles. The van der Waals surface area contributed by atoms with Gasteiger partial charge in [-0.1, -0.05) is 0 Å². The Morgan fingerprint density at radius 3 is 3.24 bits per heavy atom. The topological polar surface area (TPSA) is 49.0 Å². The molecule has 1 aliphatic heterocycles. The van der Waals surface area contributed by atoms with Gasteiger partial charge in [0, 0.05) is 19.0 Å². The molecule has 0 radical (unpaired) electrons. The third kappa shape index (κ3) is 3.13. The van der Waals surface area contributed by atoms with E-state index in [1.807, 2.05) is 0 Å². The van der Waals surface area contributed by atoms with Gasteiger partial charge < -0.3 is 9.88 Å². The summed E-state index contributed by atoms with van der Waals surface area (Å²) in [5.74, 6) is 2.14. The van der Waals surface area contributed by atoms with Gasteiger partial charge in [-0.2, -0.15) is 0 Å². The van der Waals surface area contributed by atoms with E-state index < -0.39 is 0 Å². The molecule has 0 aromatic carbocycles. The Bertz CT molecular complexity index is 435. The summed E-state index contributed by atoms with van der Waals surface area (Å²) in [6.45, 7) is 1.93. The molecule has 2 rings (SSSR count). The molecule has 1 unspecified atom stereocenters. The van der Waals surface area contributed by atoms with Crippen molar-refractivity contribution in [2.24, 2.45) is 5.92 Å². The Labute approximate surface area is 119 Å². The van der Waals surface area contributed by atoms with E-state index in [2.05, 4.69) is 37.5 Å². The lowest BCUT2D eigenvalue weighted by Gasteiger charge is -2.33. The van der Waals surface area contributed by atoms with Crippen LogP contribution >= 0.6 is 34.2 Å². The number of nitrogens with one attached hydrogen (secondary N) is 1. The highest BCUT2D eigenvalue weighted by molar-refractivity contribution is 14.1. The fourth-order valence-electron chi connectivity index (χ4n) is 2.24. The molecule has 1 N–H and O–H groups in total. The van der Waals surface area contributed by atoms with Crippen molar-refractivity contribution in [3.05, 3.63) is 20.3 Å². The molecule has 0 bridgehead atoms. The fraction of sp³-hybridized carbons (Fsp3) is 0.636. The van der Waals surface area contributed by atoms with Crippen LogP contribution in [0.15, 0.2) is 11.1 Å². The van der Waals surface area contributed by atoms with Crippen LogP contribution in [0, 0.1) is 9.49 Å². The highest BCUT2D eigenvalue weighted by atomic mass is 127. The maximum absolute atomic E-state index is 11.5. The molecule has 1 fully saturated rings. The van der Waals surface area contributed by atoms with E-state index in [0.717, 1.165) is 31.7 Å². The minimum absolute atomic E-state index is 0.0601. The van der Waals surface area contributed by atoms with E-state index in [-0.39, 0.29) is 5.56 Å². The lowest BCUT2D eigenvalue weighted by Crippen LogP contribution is -2.37. The van der Waals surface area contributed by atoms with Crippen molar-refractivity contribution in [1.29, 1.82) is 0 Å². The number of piperidine rings is 1. The lowest BCUT2D eigenvalue weighted by atomic mass is 9.95. The predicted molar refractivity (Wildman–Crippen MR) is 77.8 cm³/mol. The number of rotatable bonds is 3. The molecule has 2 heterocycles. The van der Waals surface area contributed by atoms with Crippen LogP contribution in [0.25, 0.3) is 0 Å². The number of halogens is 2. The predicted octanol–water partition coefficient (Wildman–Crippen LogP) is 2.22. The summed E-state index contributed by atoms with van der Waals surface area (Å²) >= 11 is 7.86. The Balaban J connectivity index is 2.16. The van der Waals surface area contributed by atoms with Crippen LogP contribution in [0.1, 0.15) is 19.3 Å². The first-order chi connectivity index (χ1) is 8.22. The number of alkyl halides is 1. The molecule has 4 nitrogen and oxygen atoms in total. The summed E-state index contributed by atoms with van der Waals surface area (Å²) < 4.78 is 0.677. The summed E-state index contributed by atoms with van der Waals surface area (Å²) in [6, 6.07) is 0. The summed E-state index contributed by atoms with van der Waals surface area (Å²) in [5.41, 5.74) is -0.0601. The molecule has 0 aliphatic carbocycles. The maximum atomic E-state index is 11.5. The van der Waals surface area contributed by atoms with Gasteiger partial charge in [0.25, 0.3) is 5.56 Å². The number of hydrogen-bond acceptors (Lipinski definition) is 3. The van der Waals surface area contributed by atoms with Gasteiger partial charge in [0.2, 0.25) is 0 Å². The van der Waals surface area contributed by atoms with Crippen molar-refractivity contribution < 1.29 is 0 Å². The number of aromatic nitrogens is 2. The van der Waals surface area contributed by atoms with Crippen LogP contribution in [0.2, 0.25) is 0 Å². The highest BCUT2D eigenvalue weighted by Gasteiger charge is 2.22. The number of aromatic amines is 1. The first-order valence-electron chi connectivity index (χ1n) is 5.76. The monoisotopic (exact) mass is 367 g/mol. The van der Waals surface area contributed by atoms with Crippen molar-refractivity contribution in [2.45, 2.75) is 19.3 Å². The van der Waals surface area contributed by atoms with Crippen LogP contribution in [0.5, 0.6) is 0 Å². The zero-order chi connectivity index (χ0) is 12.3. The second-order valence-electron chi connectivity index (χ2n) is 4.30. The second kappa shape index (κ2) is 6.04. The van der Waals surface area contributed by atoms with Crippen LogP contribution < -0.4 is 10.5 Å². The summed E-state index contributed by atoms with van der Waals surface area (Å²) in [5, 5.41) is 0. The van der Waals surface area contributed by atoms with E-state index in [9.17, 15) is 4.79 Å². The first-order valence-corrected chi connectivity index (χ1v) is 7.37. The van der Waals surface area contributed by atoms with E-state index in [4.69, 9.17) is 11.6 Å². The molecule has 0 amide bonds. The fourth-order valence-corrected chi connectivity index (χ4v) is 3.19. The van der Waals surface area contributed by atoms with Gasteiger partial charge in [0.1, 0.15) is 9.39 Å². The van der Waals surface area contributed by atoms with Crippen LogP contribution in [0.4, 0.5) is 5.82 Å². The molecular formula is C11H15ClIN3O. The molecular weight excluding hydrogens is 352 g/mol. The normalized spacial score (nSPS) is 20.6. The minimum atomic E-state index is -0.0601. The van der Waals surface area contributed by atoms with Crippen molar-refractivity contribution in [2.75, 3.05) is 23.9 Å². The highest BCUT2D eigenvalue weighted by Crippen LogP contribution is 2.25. The van der Waals surface area contributed by atoms with Gasteiger partial charge in [-0.25, -0.2) is 4.98 Å². The Hall–Kier alpha value is -0.300. The van der Waals surface area contributed by atoms with Crippen LogP contribution in [0.3, 0.4) is 0 Å². The Morgan fingerprint density at radius 2 is 2.47 bits per heavy atom. The van der Waals surface area contributed by atoms with Crippen LogP contribution in [-0.2, 0) is 0 Å². The molecule has 6 heteroatoms. The third-order valence-electron chi connectivity index (χ3n) is 3.11. The summed E-state index contributed by atoms with van der Waals surface area (Å²) in [6.07, 6.45) is 4.89. The van der Waals surface area contributed by atoms with Crippen molar-refractivity contribution in [3.63, 3.8) is 0 Å². The summed E-state index contributed by atoms with van der Waals surface area (Å²) in [7, 11) is 0. The number of anilines is 1. The number of hydrogen-bond donors (Lipinski definition) is 1. The van der Waals surface area contributed by atoms with Gasteiger partial charge in [-0.05, 0) is 47.8 Å². The van der Waals surface area contributed by atoms with Gasteiger partial charge in [0.05, 0.1) is 6.33 Å². The number of H-pyrrole nitrogens is 1. The van der Waals surface area contributed by atoms with Gasteiger partial charge in [0.15, 0.2) is 0 Å². The molecule has 17 heavy (non-hydrogen) atoms. The average molecular weight is 368 g/mol. The molecule has 0 saturated carbocycles. The Morgan fingerprint density at radius 1 is 1.65 bits per heavy atom. The smallest absolute Gasteiger partial charge is 0.266 e. The zero-order valence-corrected chi connectivity index (χ0v) is 12.4. The first kappa shape index (κ1) is 13.1. The van der Waals surface area contributed by atoms with E-state index in [1.165, 1.54) is 12.7 Å². The number of nitrogens with zero attached hydrogens (tertiary/aromatic N) is 2. The largest absolute Gasteiger partial charge is 0.355 e. The van der Waals surface area contributed by atoms with E-state index >= 15 is 0 Å². The average Bonchev–Trinajstić information content (AvgIpc) is 2.33. The van der Waals surface area contributed by atoms with Gasteiger partial charge in [-0.15, -0.1) is 11.6 Å². The molecule has 1 aromatic heterocycles. The van der Waals surface area contributed by atoms with Gasteiger partial charge >= 0.3 is 0 Å². The van der Waals surface area contributed by atoms with Crippen LogP contribution in [-0.4, -0.2) is 28.9 Å². The maximum Gasteiger partial charge on any atom is 0.266 e. The standard InChI is InChI=1S/C11H15ClIN3O/c12-4-3-8-2-1-5-16(6-8)10-9(13)11(17)15-7-14-10/h7-8H,1-6H2,(H,14,15,17). The van der Waals surface area contributed by atoms with E-state index in [0.29, 0.717) is 15.4 Å². The molecule has 94 valence electrons. The Kier molecular flexibility index (Phi) is 4.67. The summed E-state index contributed by atoms with van der Waals surface area (Å²) in [4.78, 5) is 20.6. The SMILES string of the molecule is O=c1[nH]cnc(N2CCCC(CCCl)C2)c1I. The third-order valence-corrected chi connectivity index (χ3v) is 4.30. The second-order valence-corrected chi connectivity index (χ2v) is 5.76. The molecule has 1 aromatic rings. The van der Waals surface area contributed by atoms with Gasteiger partial charge in [-0.3, -0.25) is 4.79 Å². The van der Waals surface area contributed by atoms with E-state index in [1.54, 1.807) is 0 Å².